The van der Waals surface area contributed by atoms with Crippen LogP contribution in [0.2, 0.25) is 0 Å². The SMILES string of the molecule is Cc1nc2cc(CNC(=O)CCC(C)N3CCN(C)CC3)ccc2n1C. The van der Waals surface area contributed by atoms with Crippen LogP contribution in [0.4, 0.5) is 0 Å². The molecule has 0 bridgehead atoms. The first kappa shape index (κ1) is 18.9. The average Bonchev–Trinajstić information content (AvgIpc) is 2.92. The van der Waals surface area contributed by atoms with Crippen LogP contribution in [0.15, 0.2) is 18.2 Å². The summed E-state index contributed by atoms with van der Waals surface area (Å²) in [7, 11) is 4.19. The number of amides is 1. The second kappa shape index (κ2) is 8.18. The fourth-order valence-electron chi connectivity index (χ4n) is 3.55. The summed E-state index contributed by atoms with van der Waals surface area (Å²) in [6.45, 7) is 9.23. The third kappa shape index (κ3) is 4.43. The smallest absolute Gasteiger partial charge is 0.220 e. The van der Waals surface area contributed by atoms with Gasteiger partial charge in [0.15, 0.2) is 0 Å². The van der Waals surface area contributed by atoms with E-state index in [0.717, 1.165) is 55.0 Å². The lowest BCUT2D eigenvalue weighted by Gasteiger charge is -2.36. The molecule has 1 aromatic heterocycles. The zero-order valence-electron chi connectivity index (χ0n) is 16.5. The zero-order chi connectivity index (χ0) is 18.7. The molecule has 26 heavy (non-hydrogen) atoms. The lowest BCUT2D eigenvalue weighted by molar-refractivity contribution is -0.121. The summed E-state index contributed by atoms with van der Waals surface area (Å²) in [5, 5.41) is 3.05. The molecule has 2 aromatic rings. The van der Waals surface area contributed by atoms with Crippen LogP contribution in [-0.4, -0.2) is 64.5 Å². The van der Waals surface area contributed by atoms with Gasteiger partial charge in [-0.15, -0.1) is 0 Å². The molecule has 3 rings (SSSR count). The van der Waals surface area contributed by atoms with Crippen molar-refractivity contribution in [3.63, 3.8) is 0 Å². The molecule has 2 heterocycles. The Balaban J connectivity index is 1.45. The van der Waals surface area contributed by atoms with Gasteiger partial charge in [0.2, 0.25) is 5.91 Å². The molecule has 0 spiro atoms. The number of carbonyl (C=O) groups is 1. The lowest BCUT2D eigenvalue weighted by atomic mass is 10.1. The fourth-order valence-corrected chi connectivity index (χ4v) is 3.55. The lowest BCUT2D eigenvalue weighted by Crippen LogP contribution is -2.48. The highest BCUT2D eigenvalue weighted by Gasteiger charge is 2.19. The van der Waals surface area contributed by atoms with Crippen LogP contribution < -0.4 is 5.32 Å². The van der Waals surface area contributed by atoms with E-state index in [-0.39, 0.29) is 5.91 Å². The number of nitrogens with zero attached hydrogens (tertiary/aromatic N) is 4. The molecule has 142 valence electrons. The van der Waals surface area contributed by atoms with Crippen LogP contribution in [0.1, 0.15) is 31.2 Å². The van der Waals surface area contributed by atoms with Gasteiger partial charge >= 0.3 is 0 Å². The standard InChI is InChI=1S/C20H31N5O/c1-15(25-11-9-23(3)10-12-25)5-8-20(26)21-14-17-6-7-19-18(13-17)22-16(2)24(19)4/h6-7,13,15H,5,8-12,14H2,1-4H3,(H,21,26). The minimum absolute atomic E-state index is 0.128. The second-order valence-corrected chi connectivity index (χ2v) is 7.54. The number of hydrogen-bond acceptors (Lipinski definition) is 4. The highest BCUT2D eigenvalue weighted by Crippen LogP contribution is 2.16. The van der Waals surface area contributed by atoms with Crippen molar-refractivity contribution in [3.05, 3.63) is 29.6 Å². The van der Waals surface area contributed by atoms with E-state index in [1.54, 1.807) is 0 Å². The number of fused-ring (bicyclic) bond motifs is 1. The topological polar surface area (TPSA) is 53.4 Å². The van der Waals surface area contributed by atoms with E-state index >= 15 is 0 Å². The van der Waals surface area contributed by atoms with Gasteiger partial charge in [-0.25, -0.2) is 4.98 Å². The number of imidazole rings is 1. The molecular weight excluding hydrogens is 326 g/mol. The quantitative estimate of drug-likeness (QED) is 0.858. The molecule has 6 nitrogen and oxygen atoms in total. The van der Waals surface area contributed by atoms with Crippen molar-refractivity contribution < 1.29 is 4.79 Å². The van der Waals surface area contributed by atoms with E-state index in [2.05, 4.69) is 56.8 Å². The molecule has 1 fully saturated rings. The average molecular weight is 358 g/mol. The summed E-state index contributed by atoms with van der Waals surface area (Å²) in [6, 6.07) is 6.67. The number of hydrogen-bond donors (Lipinski definition) is 1. The highest BCUT2D eigenvalue weighted by molar-refractivity contribution is 5.78. The maximum absolute atomic E-state index is 12.2. The number of nitrogens with one attached hydrogen (secondary N) is 1. The number of aromatic nitrogens is 2. The summed E-state index contributed by atoms with van der Waals surface area (Å²) in [4.78, 5) is 21.6. The van der Waals surface area contributed by atoms with E-state index in [1.165, 1.54) is 0 Å². The predicted molar refractivity (Wildman–Crippen MR) is 105 cm³/mol. The van der Waals surface area contributed by atoms with Crippen molar-refractivity contribution in [2.75, 3.05) is 33.2 Å². The Bertz CT molecular complexity index is 761. The normalized spacial score (nSPS) is 17.5. The maximum Gasteiger partial charge on any atom is 0.220 e. The Kier molecular flexibility index (Phi) is 5.94. The first-order valence-electron chi connectivity index (χ1n) is 9.55. The third-order valence-corrected chi connectivity index (χ3v) is 5.61. The highest BCUT2D eigenvalue weighted by atomic mass is 16.1. The van der Waals surface area contributed by atoms with Crippen molar-refractivity contribution in [1.82, 2.24) is 24.7 Å². The number of aryl methyl sites for hydroxylation is 2. The summed E-state index contributed by atoms with van der Waals surface area (Å²) < 4.78 is 2.08. The summed E-state index contributed by atoms with van der Waals surface area (Å²) >= 11 is 0. The van der Waals surface area contributed by atoms with Gasteiger partial charge in [0.1, 0.15) is 5.82 Å². The van der Waals surface area contributed by atoms with Crippen molar-refractivity contribution in [1.29, 1.82) is 0 Å². The van der Waals surface area contributed by atoms with E-state index in [1.807, 2.05) is 14.0 Å². The summed E-state index contributed by atoms with van der Waals surface area (Å²) in [5.41, 5.74) is 3.20. The maximum atomic E-state index is 12.2. The van der Waals surface area contributed by atoms with Gasteiger partial charge < -0.3 is 14.8 Å². The minimum atomic E-state index is 0.128. The molecule has 6 heteroatoms. The molecule has 0 aliphatic carbocycles. The van der Waals surface area contributed by atoms with Crippen LogP contribution in [0, 0.1) is 6.92 Å². The molecule has 1 unspecified atom stereocenters. The fraction of sp³-hybridized carbons (Fsp3) is 0.600. The van der Waals surface area contributed by atoms with Gasteiger partial charge in [-0.1, -0.05) is 6.07 Å². The Labute approximate surface area is 156 Å². The van der Waals surface area contributed by atoms with Crippen molar-refractivity contribution in [3.8, 4) is 0 Å². The van der Waals surface area contributed by atoms with Crippen LogP contribution in [0.25, 0.3) is 11.0 Å². The molecule has 1 amide bonds. The second-order valence-electron chi connectivity index (χ2n) is 7.54. The van der Waals surface area contributed by atoms with E-state index < -0.39 is 0 Å². The number of piperazine rings is 1. The third-order valence-electron chi connectivity index (χ3n) is 5.61. The van der Waals surface area contributed by atoms with Crippen LogP contribution in [-0.2, 0) is 18.4 Å². The number of carbonyl (C=O) groups excluding carboxylic acids is 1. The molecule has 1 aliphatic rings. The van der Waals surface area contributed by atoms with Crippen LogP contribution in [0.3, 0.4) is 0 Å². The first-order valence-corrected chi connectivity index (χ1v) is 9.55. The van der Waals surface area contributed by atoms with Gasteiger partial charge in [-0.2, -0.15) is 0 Å². The Morgan fingerprint density at radius 3 is 2.69 bits per heavy atom. The van der Waals surface area contributed by atoms with E-state index in [0.29, 0.717) is 19.0 Å². The zero-order valence-corrected chi connectivity index (χ0v) is 16.5. The summed E-state index contributed by atoms with van der Waals surface area (Å²) in [5.74, 6) is 1.13. The Hall–Kier alpha value is -1.92. The number of likely N-dealkylation sites (N-methyl/N-ethyl adjacent to an activating group) is 1. The minimum Gasteiger partial charge on any atom is -0.352 e. The predicted octanol–water partition coefficient (Wildman–Crippen LogP) is 1.91. The molecule has 1 aromatic carbocycles. The Morgan fingerprint density at radius 2 is 1.96 bits per heavy atom. The first-order chi connectivity index (χ1) is 12.4. The molecule has 1 aliphatic heterocycles. The molecule has 1 atom stereocenters. The van der Waals surface area contributed by atoms with E-state index in [9.17, 15) is 4.79 Å². The van der Waals surface area contributed by atoms with Gasteiger partial charge in [-0.05, 0) is 45.0 Å². The van der Waals surface area contributed by atoms with Gasteiger partial charge in [-0.3, -0.25) is 9.69 Å². The van der Waals surface area contributed by atoms with Crippen LogP contribution >= 0.6 is 0 Å². The van der Waals surface area contributed by atoms with Crippen molar-refractivity contribution >= 4 is 16.9 Å². The van der Waals surface area contributed by atoms with Crippen molar-refractivity contribution in [2.45, 2.75) is 39.3 Å². The van der Waals surface area contributed by atoms with Gasteiger partial charge in [0.05, 0.1) is 11.0 Å². The largest absolute Gasteiger partial charge is 0.352 e. The Morgan fingerprint density at radius 1 is 1.23 bits per heavy atom. The summed E-state index contributed by atoms with van der Waals surface area (Å²) in [6.07, 6.45) is 1.49. The molecule has 1 saturated heterocycles. The molecule has 0 saturated carbocycles. The molecule has 0 radical (unpaired) electrons. The van der Waals surface area contributed by atoms with E-state index in [4.69, 9.17) is 0 Å². The monoisotopic (exact) mass is 357 g/mol. The number of rotatable bonds is 6. The molecular formula is C20H31N5O. The van der Waals surface area contributed by atoms with Crippen LogP contribution in [0.5, 0.6) is 0 Å². The van der Waals surface area contributed by atoms with Gasteiger partial charge in [0, 0.05) is 52.2 Å². The van der Waals surface area contributed by atoms with Crippen molar-refractivity contribution in [2.24, 2.45) is 7.05 Å². The number of benzene rings is 1. The van der Waals surface area contributed by atoms with Gasteiger partial charge in [0.25, 0.3) is 0 Å². The molecule has 1 N–H and O–H groups in total.